The number of aliphatic hydroxyl groups is 1. The summed E-state index contributed by atoms with van der Waals surface area (Å²) in [6.45, 7) is -0.934. The summed E-state index contributed by atoms with van der Waals surface area (Å²) in [6.07, 6.45) is -2.76. The maximum Gasteiger partial charge on any atom is 0.340 e. The summed E-state index contributed by atoms with van der Waals surface area (Å²) in [5.41, 5.74) is 0.210. The molecule has 1 aliphatic heterocycles. The molecule has 0 radical (unpaired) electrons. The maximum absolute atomic E-state index is 12.8. The number of ether oxygens (including phenoxy) is 1. The van der Waals surface area contributed by atoms with Crippen molar-refractivity contribution in [3.63, 3.8) is 0 Å². The van der Waals surface area contributed by atoms with Crippen LogP contribution < -0.4 is 10.1 Å². The second kappa shape index (κ2) is 6.99. The number of carbonyl (C=O) groups is 1. The lowest BCUT2D eigenvalue weighted by molar-refractivity contribution is -0.148. The highest BCUT2D eigenvalue weighted by molar-refractivity contribution is 5.89. The molecule has 10 heteroatoms. The molecule has 0 aromatic carbocycles. The van der Waals surface area contributed by atoms with E-state index in [1.165, 1.54) is 17.2 Å². The highest BCUT2D eigenvalue weighted by Gasteiger charge is 2.41. The van der Waals surface area contributed by atoms with Gasteiger partial charge in [-0.2, -0.15) is 8.78 Å². The summed E-state index contributed by atoms with van der Waals surface area (Å²) in [4.78, 5) is 16.9. The normalized spacial score (nSPS) is 18.3. The fourth-order valence-electron chi connectivity index (χ4n) is 1.93. The Balaban J connectivity index is 1.93. The molecule has 0 bridgehead atoms. The van der Waals surface area contributed by atoms with E-state index in [-0.39, 0.29) is 18.1 Å². The molecular formula is C13H15F4N3O3. The quantitative estimate of drug-likeness (QED) is 0.806. The van der Waals surface area contributed by atoms with Gasteiger partial charge in [0, 0.05) is 31.0 Å². The Kier molecular flexibility index (Phi) is 5.24. The molecule has 0 spiro atoms. The first-order valence-electron chi connectivity index (χ1n) is 6.77. The highest BCUT2D eigenvalue weighted by Crippen LogP contribution is 2.24. The van der Waals surface area contributed by atoms with Crippen molar-refractivity contribution in [2.75, 3.05) is 25.0 Å². The van der Waals surface area contributed by atoms with Gasteiger partial charge in [-0.3, -0.25) is 0 Å². The molecule has 2 amide bonds. The third kappa shape index (κ3) is 4.68. The maximum atomic E-state index is 12.8. The summed E-state index contributed by atoms with van der Waals surface area (Å²) >= 11 is 0. The van der Waals surface area contributed by atoms with Gasteiger partial charge in [-0.15, -0.1) is 0 Å². The van der Waals surface area contributed by atoms with Crippen LogP contribution in [-0.4, -0.2) is 59.2 Å². The molecule has 2 heterocycles. The van der Waals surface area contributed by atoms with Gasteiger partial charge in [0.25, 0.3) is 0 Å². The smallest absolute Gasteiger partial charge is 0.340 e. The van der Waals surface area contributed by atoms with Crippen LogP contribution in [0.3, 0.4) is 0 Å². The predicted molar refractivity (Wildman–Crippen MR) is 71.9 cm³/mol. The molecule has 1 saturated heterocycles. The van der Waals surface area contributed by atoms with Crippen molar-refractivity contribution in [1.29, 1.82) is 0 Å². The van der Waals surface area contributed by atoms with Gasteiger partial charge in [-0.05, 0) is 12.5 Å². The van der Waals surface area contributed by atoms with E-state index in [1.807, 2.05) is 0 Å². The number of hydrogen-bond donors (Lipinski definition) is 2. The summed E-state index contributed by atoms with van der Waals surface area (Å²) in [6, 6.07) is 2.06. The standard InChI is InChI=1S/C13H15F4N3O3/c14-11(15)13(16,17)7-23-10-5-8(1-3-18-10)19-12(22)20-4-2-9(21)6-20/h1,3,5,9,11,21H,2,4,6-7H2,(H,18,19,22). The molecule has 0 aliphatic carbocycles. The number of halogens is 4. The number of pyridine rings is 1. The molecule has 23 heavy (non-hydrogen) atoms. The molecule has 2 rings (SSSR count). The lowest BCUT2D eigenvalue weighted by Gasteiger charge is -2.17. The Labute approximate surface area is 129 Å². The SMILES string of the molecule is O=C(Nc1ccnc(OCC(F)(F)C(F)F)c1)N1CCC(O)C1. The Hall–Kier alpha value is -2.10. The van der Waals surface area contributed by atoms with Crippen LogP contribution in [-0.2, 0) is 0 Å². The van der Waals surface area contributed by atoms with Crippen LogP contribution in [0.2, 0.25) is 0 Å². The van der Waals surface area contributed by atoms with Crippen LogP contribution >= 0.6 is 0 Å². The van der Waals surface area contributed by atoms with Crippen LogP contribution in [0.15, 0.2) is 18.3 Å². The first-order chi connectivity index (χ1) is 10.8. The molecule has 2 N–H and O–H groups in total. The van der Waals surface area contributed by atoms with Crippen molar-refractivity contribution < 1.29 is 32.2 Å². The van der Waals surface area contributed by atoms with E-state index in [0.29, 0.717) is 13.0 Å². The minimum atomic E-state index is -4.29. The second-order valence-corrected chi connectivity index (χ2v) is 5.05. The summed E-state index contributed by atoms with van der Waals surface area (Å²) in [5.74, 6) is -4.60. The fraction of sp³-hybridized carbons (Fsp3) is 0.538. The van der Waals surface area contributed by atoms with E-state index < -0.39 is 31.1 Å². The molecule has 1 fully saturated rings. The summed E-state index contributed by atoms with van der Waals surface area (Å²) < 4.78 is 54.2. The van der Waals surface area contributed by atoms with Crippen LogP contribution in [0.5, 0.6) is 5.88 Å². The monoisotopic (exact) mass is 337 g/mol. The zero-order valence-electron chi connectivity index (χ0n) is 11.9. The van der Waals surface area contributed by atoms with Crippen LogP contribution in [0.25, 0.3) is 0 Å². The number of rotatable bonds is 5. The fourth-order valence-corrected chi connectivity index (χ4v) is 1.93. The number of nitrogens with one attached hydrogen (secondary N) is 1. The predicted octanol–water partition coefficient (Wildman–Crippen LogP) is 1.96. The van der Waals surface area contributed by atoms with Crippen molar-refractivity contribution in [2.45, 2.75) is 24.9 Å². The molecule has 6 nitrogen and oxygen atoms in total. The number of likely N-dealkylation sites (tertiary alicyclic amines) is 1. The average Bonchev–Trinajstić information content (AvgIpc) is 2.92. The molecule has 1 aliphatic rings. The number of aromatic nitrogens is 1. The summed E-state index contributed by atoms with van der Waals surface area (Å²) in [5, 5.41) is 11.9. The van der Waals surface area contributed by atoms with E-state index in [2.05, 4.69) is 15.0 Å². The number of alkyl halides is 4. The van der Waals surface area contributed by atoms with E-state index in [1.54, 1.807) is 0 Å². The number of nitrogens with zero attached hydrogens (tertiary/aromatic N) is 2. The zero-order chi connectivity index (χ0) is 17.0. The third-order valence-corrected chi connectivity index (χ3v) is 3.17. The van der Waals surface area contributed by atoms with E-state index in [9.17, 15) is 27.5 Å². The van der Waals surface area contributed by atoms with Crippen molar-refractivity contribution in [3.05, 3.63) is 18.3 Å². The van der Waals surface area contributed by atoms with Gasteiger partial charge in [0.2, 0.25) is 5.88 Å². The van der Waals surface area contributed by atoms with Gasteiger partial charge in [0.15, 0.2) is 6.61 Å². The average molecular weight is 337 g/mol. The number of anilines is 1. The number of amides is 2. The number of β-amino-alcohol motifs (C(OH)–C–C–N with tert-alkyl or cyclic N) is 1. The van der Waals surface area contributed by atoms with Gasteiger partial charge >= 0.3 is 18.4 Å². The molecule has 128 valence electrons. The number of carbonyl (C=O) groups excluding carboxylic acids is 1. The number of aliphatic hydroxyl groups excluding tert-OH is 1. The van der Waals surface area contributed by atoms with Gasteiger partial charge in [-0.25, -0.2) is 18.6 Å². The molecule has 1 unspecified atom stereocenters. The molecule has 1 aromatic rings. The van der Waals surface area contributed by atoms with Gasteiger partial charge in [0.1, 0.15) is 0 Å². The van der Waals surface area contributed by atoms with E-state index >= 15 is 0 Å². The molecule has 1 aromatic heterocycles. The third-order valence-electron chi connectivity index (χ3n) is 3.17. The minimum Gasteiger partial charge on any atom is -0.471 e. The largest absolute Gasteiger partial charge is 0.471 e. The molecular weight excluding hydrogens is 322 g/mol. The highest BCUT2D eigenvalue weighted by atomic mass is 19.3. The van der Waals surface area contributed by atoms with Crippen LogP contribution in [0, 0.1) is 0 Å². The van der Waals surface area contributed by atoms with E-state index in [0.717, 1.165) is 6.07 Å². The topological polar surface area (TPSA) is 74.7 Å². The van der Waals surface area contributed by atoms with Crippen molar-refractivity contribution in [1.82, 2.24) is 9.88 Å². The van der Waals surface area contributed by atoms with Crippen LogP contribution in [0.1, 0.15) is 6.42 Å². The Morgan fingerprint density at radius 3 is 2.91 bits per heavy atom. The Bertz CT molecular complexity index is 559. The van der Waals surface area contributed by atoms with Gasteiger partial charge < -0.3 is 20.1 Å². The summed E-state index contributed by atoms with van der Waals surface area (Å²) in [7, 11) is 0. The minimum absolute atomic E-state index is 0.195. The van der Waals surface area contributed by atoms with Crippen molar-refractivity contribution >= 4 is 11.7 Å². The van der Waals surface area contributed by atoms with Crippen molar-refractivity contribution in [2.24, 2.45) is 0 Å². The number of urea groups is 1. The Morgan fingerprint density at radius 1 is 1.57 bits per heavy atom. The molecule has 1 atom stereocenters. The second-order valence-electron chi connectivity index (χ2n) is 5.05. The first kappa shape index (κ1) is 17.3. The van der Waals surface area contributed by atoms with Crippen molar-refractivity contribution in [3.8, 4) is 5.88 Å². The first-order valence-corrected chi connectivity index (χ1v) is 6.77. The van der Waals surface area contributed by atoms with Gasteiger partial charge in [0.05, 0.1) is 6.10 Å². The Morgan fingerprint density at radius 2 is 2.30 bits per heavy atom. The zero-order valence-corrected chi connectivity index (χ0v) is 11.9. The lowest BCUT2D eigenvalue weighted by Crippen LogP contribution is -2.34. The van der Waals surface area contributed by atoms with Gasteiger partial charge in [-0.1, -0.05) is 0 Å². The van der Waals surface area contributed by atoms with Crippen LogP contribution in [0.4, 0.5) is 28.0 Å². The number of hydrogen-bond acceptors (Lipinski definition) is 4. The lowest BCUT2D eigenvalue weighted by atomic mass is 10.3. The van der Waals surface area contributed by atoms with E-state index in [4.69, 9.17) is 0 Å². The molecule has 0 saturated carbocycles.